The molecule has 4 heterocycles. The van der Waals surface area contributed by atoms with Gasteiger partial charge < -0.3 is 10.2 Å². The lowest BCUT2D eigenvalue weighted by atomic mass is 10.0. The molecule has 0 spiro atoms. The number of nitrogens with one attached hydrogen (secondary N) is 1. The Kier molecular flexibility index (Phi) is 3.07. The highest BCUT2D eigenvalue weighted by atomic mass is 15.4. The molecule has 24 heavy (non-hydrogen) atoms. The first-order valence-corrected chi connectivity index (χ1v) is 8.35. The highest BCUT2D eigenvalue weighted by Gasteiger charge is 2.29. The van der Waals surface area contributed by atoms with Gasteiger partial charge in [-0.2, -0.15) is 9.61 Å². The molecular weight excluding hydrogens is 304 g/mol. The Morgan fingerprint density at radius 1 is 1.04 bits per heavy atom. The van der Waals surface area contributed by atoms with Crippen molar-refractivity contribution in [3.63, 3.8) is 0 Å². The van der Waals surface area contributed by atoms with E-state index < -0.39 is 0 Å². The Bertz CT molecular complexity index is 848. The van der Waals surface area contributed by atoms with E-state index in [1.54, 1.807) is 10.8 Å². The minimum Gasteiger partial charge on any atom is -0.368 e. The molecule has 1 aliphatic carbocycles. The predicted octanol–water partition coefficient (Wildman–Crippen LogP) is 1.34. The number of rotatable bonds is 5. The first-order chi connectivity index (χ1) is 11.8. The van der Waals surface area contributed by atoms with E-state index in [0.717, 1.165) is 42.6 Å². The number of nitrogens with zero attached hydrogens (tertiary/aromatic N) is 7. The molecular formula is C16H18N8. The lowest BCUT2D eigenvalue weighted by molar-refractivity contribution is 0.425. The van der Waals surface area contributed by atoms with E-state index in [9.17, 15) is 0 Å². The van der Waals surface area contributed by atoms with Crippen molar-refractivity contribution >= 4 is 17.3 Å². The minimum atomic E-state index is 0.591. The first-order valence-electron chi connectivity index (χ1n) is 8.35. The Balaban J connectivity index is 1.15. The molecule has 3 aromatic heterocycles. The third-order valence-corrected chi connectivity index (χ3v) is 4.68. The van der Waals surface area contributed by atoms with Crippen LogP contribution in [-0.2, 0) is 0 Å². The average Bonchev–Trinajstić information content (AvgIpc) is 3.32. The molecule has 0 bridgehead atoms. The number of hydrogen-bond donors (Lipinski definition) is 1. The standard InChI is InChI=1S/C16H18N8/c1-2-12(1)13-3-5-15(21-19-13)23-8-11(9-23)7-17-14-4-6-16-20-18-10-24(16)22-14/h3-6,10-12H,1-2,7-9H2,(H,17,22). The zero-order valence-corrected chi connectivity index (χ0v) is 13.2. The van der Waals surface area contributed by atoms with E-state index >= 15 is 0 Å². The van der Waals surface area contributed by atoms with Crippen LogP contribution in [0, 0.1) is 5.92 Å². The maximum Gasteiger partial charge on any atom is 0.177 e. The summed E-state index contributed by atoms with van der Waals surface area (Å²) in [7, 11) is 0. The smallest absolute Gasteiger partial charge is 0.177 e. The molecule has 8 nitrogen and oxygen atoms in total. The van der Waals surface area contributed by atoms with Gasteiger partial charge in [0.15, 0.2) is 11.5 Å². The van der Waals surface area contributed by atoms with Crippen molar-refractivity contribution in [2.24, 2.45) is 5.92 Å². The molecule has 0 amide bonds. The van der Waals surface area contributed by atoms with E-state index in [2.05, 4.69) is 47.8 Å². The SMILES string of the molecule is c1cc2nncn2nc1NCC1CN(c2ccc(C3CC3)nn2)C1. The van der Waals surface area contributed by atoms with Gasteiger partial charge in [-0.15, -0.1) is 20.4 Å². The summed E-state index contributed by atoms with van der Waals surface area (Å²) >= 11 is 0. The molecule has 1 saturated heterocycles. The zero-order valence-electron chi connectivity index (χ0n) is 13.2. The van der Waals surface area contributed by atoms with Crippen molar-refractivity contribution in [1.82, 2.24) is 30.0 Å². The quantitative estimate of drug-likeness (QED) is 0.759. The van der Waals surface area contributed by atoms with Crippen LogP contribution in [0.3, 0.4) is 0 Å². The largest absolute Gasteiger partial charge is 0.368 e. The monoisotopic (exact) mass is 322 g/mol. The topological polar surface area (TPSA) is 84.1 Å². The van der Waals surface area contributed by atoms with Crippen LogP contribution in [0.2, 0.25) is 0 Å². The van der Waals surface area contributed by atoms with Crippen molar-refractivity contribution in [3.05, 3.63) is 36.3 Å². The second-order valence-electron chi connectivity index (χ2n) is 6.59. The fourth-order valence-electron chi connectivity index (χ4n) is 3.06. The molecule has 0 aromatic carbocycles. The summed E-state index contributed by atoms with van der Waals surface area (Å²) in [5, 5.41) is 24.3. The van der Waals surface area contributed by atoms with Gasteiger partial charge in [0.1, 0.15) is 12.1 Å². The molecule has 0 unspecified atom stereocenters. The van der Waals surface area contributed by atoms with Gasteiger partial charge in [-0.1, -0.05) is 0 Å². The van der Waals surface area contributed by atoms with Gasteiger partial charge in [-0.05, 0) is 37.1 Å². The van der Waals surface area contributed by atoms with Crippen LogP contribution in [0.15, 0.2) is 30.6 Å². The fraction of sp³-hybridized carbons (Fsp3) is 0.438. The normalized spacial score (nSPS) is 17.9. The van der Waals surface area contributed by atoms with Crippen LogP contribution in [0.4, 0.5) is 11.6 Å². The summed E-state index contributed by atoms with van der Waals surface area (Å²) < 4.78 is 1.67. The van der Waals surface area contributed by atoms with Crippen molar-refractivity contribution < 1.29 is 0 Å². The molecule has 1 N–H and O–H groups in total. The minimum absolute atomic E-state index is 0.591. The van der Waals surface area contributed by atoms with E-state index in [1.807, 2.05) is 12.1 Å². The number of aromatic nitrogens is 6. The maximum absolute atomic E-state index is 4.42. The number of fused-ring (bicyclic) bond motifs is 1. The van der Waals surface area contributed by atoms with E-state index in [4.69, 9.17) is 0 Å². The Hall–Kier alpha value is -2.77. The van der Waals surface area contributed by atoms with Crippen LogP contribution in [0.5, 0.6) is 0 Å². The van der Waals surface area contributed by atoms with E-state index in [-0.39, 0.29) is 0 Å². The van der Waals surface area contributed by atoms with Gasteiger partial charge in [0, 0.05) is 31.5 Å². The maximum atomic E-state index is 4.42. The Labute approximate surface area is 138 Å². The number of hydrogen-bond acceptors (Lipinski definition) is 7. The van der Waals surface area contributed by atoms with E-state index in [0.29, 0.717) is 11.8 Å². The highest BCUT2D eigenvalue weighted by Crippen LogP contribution is 2.38. The van der Waals surface area contributed by atoms with Crippen molar-refractivity contribution in [2.75, 3.05) is 29.9 Å². The molecule has 5 rings (SSSR count). The van der Waals surface area contributed by atoms with Crippen molar-refractivity contribution in [3.8, 4) is 0 Å². The third kappa shape index (κ3) is 2.53. The Morgan fingerprint density at radius 2 is 1.96 bits per heavy atom. The fourth-order valence-corrected chi connectivity index (χ4v) is 3.06. The lowest BCUT2D eigenvalue weighted by Crippen LogP contribution is -2.50. The molecule has 1 aliphatic heterocycles. The molecule has 2 aliphatic rings. The zero-order chi connectivity index (χ0) is 15.9. The summed E-state index contributed by atoms with van der Waals surface area (Å²) in [6.45, 7) is 2.89. The lowest BCUT2D eigenvalue weighted by Gasteiger charge is -2.40. The molecule has 0 atom stereocenters. The summed E-state index contributed by atoms with van der Waals surface area (Å²) in [6.07, 6.45) is 4.14. The second kappa shape index (κ2) is 5.40. The van der Waals surface area contributed by atoms with Gasteiger partial charge in [0.25, 0.3) is 0 Å². The summed E-state index contributed by atoms with van der Waals surface area (Å²) in [6, 6.07) is 8.07. The summed E-state index contributed by atoms with van der Waals surface area (Å²) in [5.41, 5.74) is 1.90. The van der Waals surface area contributed by atoms with Gasteiger partial charge in [0.2, 0.25) is 0 Å². The molecule has 0 radical (unpaired) electrons. The van der Waals surface area contributed by atoms with Gasteiger partial charge in [0.05, 0.1) is 5.69 Å². The molecule has 2 fully saturated rings. The van der Waals surface area contributed by atoms with Gasteiger partial charge in [-0.25, -0.2) is 0 Å². The van der Waals surface area contributed by atoms with Gasteiger partial charge >= 0.3 is 0 Å². The van der Waals surface area contributed by atoms with Crippen molar-refractivity contribution in [2.45, 2.75) is 18.8 Å². The van der Waals surface area contributed by atoms with Crippen LogP contribution >= 0.6 is 0 Å². The first kappa shape index (κ1) is 13.6. The van der Waals surface area contributed by atoms with Crippen LogP contribution < -0.4 is 10.2 Å². The van der Waals surface area contributed by atoms with E-state index in [1.165, 1.54) is 12.8 Å². The van der Waals surface area contributed by atoms with Gasteiger partial charge in [-0.3, -0.25) is 0 Å². The van der Waals surface area contributed by atoms with Crippen LogP contribution in [0.1, 0.15) is 24.5 Å². The predicted molar refractivity (Wildman–Crippen MR) is 89.0 cm³/mol. The Morgan fingerprint density at radius 3 is 2.75 bits per heavy atom. The van der Waals surface area contributed by atoms with Crippen molar-refractivity contribution in [1.29, 1.82) is 0 Å². The molecule has 1 saturated carbocycles. The van der Waals surface area contributed by atoms with Crippen LogP contribution in [0.25, 0.3) is 5.65 Å². The molecule has 122 valence electrons. The average molecular weight is 322 g/mol. The number of anilines is 2. The third-order valence-electron chi connectivity index (χ3n) is 4.68. The van der Waals surface area contributed by atoms with Crippen LogP contribution in [-0.4, -0.2) is 49.6 Å². The highest BCUT2D eigenvalue weighted by molar-refractivity contribution is 5.44. The molecule has 3 aromatic rings. The second-order valence-corrected chi connectivity index (χ2v) is 6.59. The summed E-state index contributed by atoms with van der Waals surface area (Å²) in [4.78, 5) is 2.27. The summed E-state index contributed by atoms with van der Waals surface area (Å²) in [5.74, 6) is 3.08. The molecule has 8 heteroatoms.